The van der Waals surface area contributed by atoms with Crippen LogP contribution in [-0.4, -0.2) is 35.7 Å². The second-order valence-electron chi connectivity index (χ2n) is 4.53. The van der Waals surface area contributed by atoms with Crippen LogP contribution in [0.15, 0.2) is 12.3 Å². The van der Waals surface area contributed by atoms with E-state index in [0.717, 1.165) is 25.9 Å². The quantitative estimate of drug-likeness (QED) is 0.805. The van der Waals surface area contributed by atoms with E-state index in [-0.39, 0.29) is 5.97 Å². The van der Waals surface area contributed by atoms with Crippen molar-refractivity contribution in [2.45, 2.75) is 26.2 Å². The third-order valence-electron chi connectivity index (χ3n) is 3.06. The Morgan fingerprint density at radius 1 is 1.47 bits per heavy atom. The first-order valence-electron chi connectivity index (χ1n) is 6.65. The Morgan fingerprint density at radius 3 is 2.89 bits per heavy atom. The summed E-state index contributed by atoms with van der Waals surface area (Å²) in [5.74, 6) is -0.0663. The van der Waals surface area contributed by atoms with Gasteiger partial charge in [-0.25, -0.2) is 14.8 Å². The molecule has 1 aliphatic rings. The summed E-state index contributed by atoms with van der Waals surface area (Å²) in [5, 5.41) is 2.10. The number of nitrogens with one attached hydrogen (secondary N) is 1. The average molecular weight is 264 g/mol. The van der Waals surface area contributed by atoms with E-state index in [1.165, 1.54) is 6.42 Å². The monoisotopic (exact) mass is 264 g/mol. The van der Waals surface area contributed by atoms with Crippen LogP contribution in [0.4, 0.5) is 11.5 Å². The summed E-state index contributed by atoms with van der Waals surface area (Å²) in [7, 11) is 0. The fourth-order valence-corrected chi connectivity index (χ4v) is 2.11. The number of hydrogen-bond donors (Lipinski definition) is 2. The third-order valence-corrected chi connectivity index (χ3v) is 3.06. The van der Waals surface area contributed by atoms with Gasteiger partial charge in [0.25, 0.3) is 0 Å². The molecule has 3 N–H and O–H groups in total. The molecular formula is C13H20N4O2. The molecule has 2 heterocycles. The van der Waals surface area contributed by atoms with E-state index in [9.17, 15) is 4.79 Å². The van der Waals surface area contributed by atoms with Gasteiger partial charge in [-0.15, -0.1) is 0 Å². The van der Waals surface area contributed by atoms with Crippen LogP contribution in [0.2, 0.25) is 0 Å². The number of hydrogen-bond acceptors (Lipinski definition) is 6. The molecule has 1 saturated heterocycles. The molecule has 2 rings (SSSR count). The standard InChI is InChI=1S/C13H20N4O2/c1-2-19-13(18)10-8-12(14)15-9-11(10)16-17-6-4-3-5-7-17/h8-9,16H,2-7H2,1H3,(H2,14,15). The predicted molar refractivity (Wildman–Crippen MR) is 73.7 cm³/mol. The minimum absolute atomic E-state index is 0.312. The first-order chi connectivity index (χ1) is 9.20. The molecule has 0 aliphatic carbocycles. The number of esters is 1. The van der Waals surface area contributed by atoms with Crippen molar-refractivity contribution in [3.8, 4) is 0 Å². The molecule has 6 nitrogen and oxygen atoms in total. The van der Waals surface area contributed by atoms with Crippen LogP contribution in [0.25, 0.3) is 0 Å². The van der Waals surface area contributed by atoms with Crippen LogP contribution >= 0.6 is 0 Å². The van der Waals surface area contributed by atoms with Crippen molar-refractivity contribution in [1.82, 2.24) is 9.99 Å². The average Bonchev–Trinajstić information content (AvgIpc) is 2.42. The maximum absolute atomic E-state index is 11.9. The lowest BCUT2D eigenvalue weighted by Crippen LogP contribution is -2.35. The lowest BCUT2D eigenvalue weighted by molar-refractivity contribution is 0.0527. The van der Waals surface area contributed by atoms with Crippen molar-refractivity contribution in [2.75, 3.05) is 30.9 Å². The number of nitrogens with zero attached hydrogens (tertiary/aromatic N) is 2. The van der Waals surface area contributed by atoms with E-state index in [4.69, 9.17) is 10.5 Å². The number of piperidine rings is 1. The Morgan fingerprint density at radius 2 is 2.21 bits per heavy atom. The van der Waals surface area contributed by atoms with Crippen LogP contribution in [0.1, 0.15) is 36.5 Å². The number of rotatable bonds is 4. The molecule has 1 fully saturated rings. The van der Waals surface area contributed by atoms with Crippen molar-refractivity contribution >= 4 is 17.5 Å². The molecule has 0 spiro atoms. The summed E-state index contributed by atoms with van der Waals surface area (Å²) in [6.45, 7) is 4.05. The predicted octanol–water partition coefficient (Wildman–Crippen LogP) is 1.65. The Bertz CT molecular complexity index is 444. The molecule has 104 valence electrons. The van der Waals surface area contributed by atoms with Gasteiger partial charge in [-0.1, -0.05) is 6.42 Å². The molecule has 0 radical (unpaired) electrons. The smallest absolute Gasteiger partial charge is 0.340 e. The molecule has 0 amide bonds. The highest BCUT2D eigenvalue weighted by Gasteiger charge is 2.17. The fraction of sp³-hybridized carbons (Fsp3) is 0.538. The number of anilines is 2. The second-order valence-corrected chi connectivity index (χ2v) is 4.53. The van der Waals surface area contributed by atoms with E-state index in [0.29, 0.717) is 23.7 Å². The summed E-state index contributed by atoms with van der Waals surface area (Å²) in [4.78, 5) is 15.9. The fourth-order valence-electron chi connectivity index (χ4n) is 2.11. The van der Waals surface area contributed by atoms with Crippen molar-refractivity contribution in [3.63, 3.8) is 0 Å². The highest BCUT2D eigenvalue weighted by molar-refractivity contribution is 5.96. The van der Waals surface area contributed by atoms with Crippen molar-refractivity contribution < 1.29 is 9.53 Å². The Kier molecular flexibility index (Phi) is 4.57. The first-order valence-corrected chi connectivity index (χ1v) is 6.65. The van der Waals surface area contributed by atoms with E-state index < -0.39 is 0 Å². The summed E-state index contributed by atoms with van der Waals surface area (Å²) in [5.41, 5.74) is 9.94. The Balaban J connectivity index is 2.15. The molecule has 0 atom stereocenters. The lowest BCUT2D eigenvalue weighted by atomic mass is 10.1. The van der Waals surface area contributed by atoms with Gasteiger partial charge in [0, 0.05) is 13.1 Å². The zero-order valence-electron chi connectivity index (χ0n) is 11.2. The topological polar surface area (TPSA) is 80.5 Å². The normalized spacial score (nSPS) is 16.1. The Hall–Kier alpha value is -1.82. The van der Waals surface area contributed by atoms with Crippen LogP contribution in [0.5, 0.6) is 0 Å². The van der Waals surface area contributed by atoms with Gasteiger partial charge in [-0.2, -0.15) is 0 Å². The van der Waals surface area contributed by atoms with Crippen molar-refractivity contribution in [1.29, 1.82) is 0 Å². The molecule has 1 aromatic rings. The van der Waals surface area contributed by atoms with E-state index in [1.807, 2.05) is 0 Å². The third kappa shape index (κ3) is 3.57. The molecule has 0 bridgehead atoms. The van der Waals surface area contributed by atoms with E-state index in [1.54, 1.807) is 19.2 Å². The summed E-state index contributed by atoms with van der Waals surface area (Å²) in [6, 6.07) is 1.55. The molecule has 0 aromatic carbocycles. The van der Waals surface area contributed by atoms with Crippen LogP contribution in [0, 0.1) is 0 Å². The van der Waals surface area contributed by atoms with Crippen LogP contribution in [-0.2, 0) is 4.74 Å². The number of pyridine rings is 1. The second kappa shape index (κ2) is 6.38. The van der Waals surface area contributed by atoms with Gasteiger partial charge in [-0.3, -0.25) is 0 Å². The molecule has 0 saturated carbocycles. The molecule has 0 unspecified atom stereocenters. The zero-order chi connectivity index (χ0) is 13.7. The first kappa shape index (κ1) is 13.6. The number of carbonyl (C=O) groups is 1. The van der Waals surface area contributed by atoms with E-state index >= 15 is 0 Å². The number of nitrogen functional groups attached to an aromatic ring is 1. The molecule has 6 heteroatoms. The van der Waals surface area contributed by atoms with Crippen molar-refractivity contribution in [3.05, 3.63) is 17.8 Å². The summed E-state index contributed by atoms with van der Waals surface area (Å²) in [6.07, 6.45) is 5.15. The highest BCUT2D eigenvalue weighted by atomic mass is 16.5. The lowest BCUT2D eigenvalue weighted by Gasteiger charge is -2.28. The highest BCUT2D eigenvalue weighted by Crippen LogP contribution is 2.20. The number of carbonyl (C=O) groups excluding carboxylic acids is 1. The number of hydrazine groups is 1. The number of ether oxygens (including phenoxy) is 1. The van der Waals surface area contributed by atoms with Gasteiger partial charge in [0.15, 0.2) is 0 Å². The molecular weight excluding hydrogens is 244 g/mol. The molecule has 1 aliphatic heterocycles. The summed E-state index contributed by atoms with van der Waals surface area (Å²) >= 11 is 0. The van der Waals surface area contributed by atoms with Crippen LogP contribution in [0.3, 0.4) is 0 Å². The summed E-state index contributed by atoms with van der Waals surface area (Å²) < 4.78 is 5.03. The van der Waals surface area contributed by atoms with Gasteiger partial charge < -0.3 is 15.9 Å². The minimum atomic E-state index is -0.379. The largest absolute Gasteiger partial charge is 0.462 e. The maximum Gasteiger partial charge on any atom is 0.340 e. The number of nitrogens with two attached hydrogens (primary N) is 1. The van der Waals surface area contributed by atoms with E-state index in [2.05, 4.69) is 15.4 Å². The number of aromatic nitrogens is 1. The SMILES string of the molecule is CCOC(=O)c1cc(N)ncc1NN1CCCCC1. The molecule has 19 heavy (non-hydrogen) atoms. The minimum Gasteiger partial charge on any atom is -0.462 e. The van der Waals surface area contributed by atoms with Gasteiger partial charge in [-0.05, 0) is 25.8 Å². The maximum atomic E-state index is 11.9. The van der Waals surface area contributed by atoms with Crippen molar-refractivity contribution in [2.24, 2.45) is 0 Å². The molecule has 1 aromatic heterocycles. The Labute approximate surface area is 112 Å². The van der Waals surface area contributed by atoms with Gasteiger partial charge in [0.1, 0.15) is 5.82 Å². The van der Waals surface area contributed by atoms with Gasteiger partial charge >= 0.3 is 5.97 Å². The van der Waals surface area contributed by atoms with Gasteiger partial charge in [0.2, 0.25) is 0 Å². The zero-order valence-corrected chi connectivity index (χ0v) is 11.2. The van der Waals surface area contributed by atoms with Gasteiger partial charge in [0.05, 0.1) is 24.1 Å². The van der Waals surface area contributed by atoms with Crippen LogP contribution < -0.4 is 11.2 Å².